The lowest BCUT2D eigenvalue weighted by Crippen LogP contribution is -2.37. The van der Waals surface area contributed by atoms with E-state index in [1.807, 2.05) is 23.6 Å². The molecule has 0 radical (unpaired) electrons. The van der Waals surface area contributed by atoms with Gasteiger partial charge in [0.05, 0.1) is 19.4 Å². The van der Waals surface area contributed by atoms with E-state index < -0.39 is 0 Å². The molecule has 2 aromatic rings. The summed E-state index contributed by atoms with van der Waals surface area (Å²) in [5.74, 6) is 1.01. The van der Waals surface area contributed by atoms with Gasteiger partial charge < -0.3 is 10.1 Å². The van der Waals surface area contributed by atoms with Gasteiger partial charge in [0.2, 0.25) is 0 Å². The molecule has 108 valence electrons. The number of aryl methyl sites for hydroxylation is 1. The van der Waals surface area contributed by atoms with Gasteiger partial charge in [-0.05, 0) is 19.9 Å². The van der Waals surface area contributed by atoms with Crippen LogP contribution in [0.1, 0.15) is 12.1 Å². The van der Waals surface area contributed by atoms with Gasteiger partial charge in [0.15, 0.2) is 5.65 Å². The van der Waals surface area contributed by atoms with Crippen LogP contribution in [0.5, 0.6) is 0 Å². The molecule has 6 heteroatoms. The maximum atomic E-state index is 5.35. The molecule has 20 heavy (non-hydrogen) atoms. The fraction of sp³-hybridized carbons (Fsp3) is 0.571. The van der Waals surface area contributed by atoms with E-state index in [4.69, 9.17) is 4.74 Å². The fourth-order valence-corrected chi connectivity index (χ4v) is 2.51. The molecule has 6 nitrogen and oxygen atoms in total. The summed E-state index contributed by atoms with van der Waals surface area (Å²) < 4.78 is 7.20. The summed E-state index contributed by atoms with van der Waals surface area (Å²) in [6, 6.07) is 3.96. The first kappa shape index (κ1) is 13.3. The Labute approximate surface area is 118 Å². The van der Waals surface area contributed by atoms with Gasteiger partial charge >= 0.3 is 0 Å². The first-order chi connectivity index (χ1) is 9.83. The van der Waals surface area contributed by atoms with Crippen molar-refractivity contribution in [3.8, 4) is 0 Å². The second kappa shape index (κ2) is 6.19. The van der Waals surface area contributed by atoms with Crippen LogP contribution in [-0.2, 0) is 4.74 Å². The Balaban J connectivity index is 1.53. The lowest BCUT2D eigenvalue weighted by atomic mass is 10.3. The first-order valence-electron chi connectivity index (χ1n) is 7.18. The average Bonchev–Trinajstić information content (AvgIpc) is 2.92. The first-order valence-corrected chi connectivity index (χ1v) is 7.18. The third-order valence-electron chi connectivity index (χ3n) is 3.55. The van der Waals surface area contributed by atoms with Gasteiger partial charge in [-0.3, -0.25) is 4.90 Å². The molecular weight excluding hydrogens is 254 g/mol. The monoisotopic (exact) mass is 275 g/mol. The quantitative estimate of drug-likeness (QED) is 0.830. The zero-order valence-electron chi connectivity index (χ0n) is 11.9. The number of hydrogen-bond donors (Lipinski definition) is 1. The van der Waals surface area contributed by atoms with Crippen LogP contribution in [0, 0.1) is 6.92 Å². The average molecular weight is 275 g/mol. The van der Waals surface area contributed by atoms with Gasteiger partial charge in [0.1, 0.15) is 5.82 Å². The summed E-state index contributed by atoms with van der Waals surface area (Å²) in [4.78, 5) is 6.89. The predicted molar refractivity (Wildman–Crippen MR) is 78.1 cm³/mol. The van der Waals surface area contributed by atoms with Gasteiger partial charge in [-0.25, -0.2) is 4.98 Å². The fourth-order valence-electron chi connectivity index (χ4n) is 2.51. The molecule has 1 saturated heterocycles. The Morgan fingerprint density at radius 2 is 2.20 bits per heavy atom. The van der Waals surface area contributed by atoms with Gasteiger partial charge in [0.25, 0.3) is 0 Å². The zero-order valence-corrected chi connectivity index (χ0v) is 11.9. The molecule has 0 unspecified atom stereocenters. The Bertz CT molecular complexity index is 562. The Hall–Kier alpha value is -1.66. The smallest absolute Gasteiger partial charge is 0.157 e. The minimum atomic E-state index is 0.866. The summed E-state index contributed by atoms with van der Waals surface area (Å²) in [5.41, 5.74) is 1.90. The molecule has 1 aliphatic rings. The van der Waals surface area contributed by atoms with Crippen molar-refractivity contribution in [2.24, 2.45) is 0 Å². The van der Waals surface area contributed by atoms with E-state index in [-0.39, 0.29) is 0 Å². The molecule has 0 aromatic carbocycles. The molecule has 1 fully saturated rings. The standard InChI is InChI=1S/C14H21N5O/c1-12-11-14(19-13(17-12)3-5-16-19)15-4-2-6-18-7-9-20-10-8-18/h3,5,11,15H,2,4,6-10H2,1H3. The Morgan fingerprint density at radius 3 is 3.05 bits per heavy atom. The van der Waals surface area contributed by atoms with Crippen molar-refractivity contribution in [2.45, 2.75) is 13.3 Å². The number of nitrogens with one attached hydrogen (secondary N) is 1. The SMILES string of the molecule is Cc1cc(NCCCN2CCOCC2)n2nccc2n1. The third kappa shape index (κ3) is 3.08. The summed E-state index contributed by atoms with van der Waals surface area (Å²) in [5, 5.41) is 7.75. The number of aromatic nitrogens is 3. The van der Waals surface area contributed by atoms with Gasteiger partial charge in [-0.15, -0.1) is 0 Å². The Morgan fingerprint density at radius 1 is 1.35 bits per heavy atom. The number of fused-ring (bicyclic) bond motifs is 1. The van der Waals surface area contributed by atoms with Crippen molar-refractivity contribution < 1.29 is 4.74 Å². The lowest BCUT2D eigenvalue weighted by Gasteiger charge is -2.26. The van der Waals surface area contributed by atoms with Gasteiger partial charge in [-0.2, -0.15) is 9.61 Å². The van der Waals surface area contributed by atoms with Crippen molar-refractivity contribution in [2.75, 3.05) is 44.7 Å². The number of anilines is 1. The topological polar surface area (TPSA) is 54.7 Å². The molecule has 0 bridgehead atoms. The number of nitrogens with zero attached hydrogens (tertiary/aromatic N) is 4. The maximum Gasteiger partial charge on any atom is 0.157 e. The largest absolute Gasteiger partial charge is 0.379 e. The highest BCUT2D eigenvalue weighted by atomic mass is 16.5. The molecule has 3 heterocycles. The van der Waals surface area contributed by atoms with E-state index in [0.29, 0.717) is 0 Å². The third-order valence-corrected chi connectivity index (χ3v) is 3.55. The van der Waals surface area contributed by atoms with Crippen LogP contribution in [0.25, 0.3) is 5.65 Å². The van der Waals surface area contributed by atoms with Crippen molar-refractivity contribution in [3.05, 3.63) is 24.0 Å². The highest BCUT2D eigenvalue weighted by Crippen LogP contribution is 2.11. The summed E-state index contributed by atoms with van der Waals surface area (Å²) in [7, 11) is 0. The van der Waals surface area contributed by atoms with Crippen molar-refractivity contribution in [3.63, 3.8) is 0 Å². The number of morpholine rings is 1. The summed E-state index contributed by atoms with van der Waals surface area (Å²) in [6.45, 7) is 7.90. The molecule has 0 saturated carbocycles. The van der Waals surface area contributed by atoms with Crippen molar-refractivity contribution >= 4 is 11.5 Å². The lowest BCUT2D eigenvalue weighted by molar-refractivity contribution is 0.0378. The predicted octanol–water partition coefficient (Wildman–Crippen LogP) is 1.17. The van der Waals surface area contributed by atoms with Crippen LogP contribution in [-0.4, -0.2) is 58.9 Å². The van der Waals surface area contributed by atoms with Crippen molar-refractivity contribution in [1.29, 1.82) is 0 Å². The van der Waals surface area contributed by atoms with Crippen LogP contribution in [0.3, 0.4) is 0 Å². The normalized spacial score (nSPS) is 16.6. The van der Waals surface area contributed by atoms with Crippen LogP contribution in [0.4, 0.5) is 5.82 Å². The van der Waals surface area contributed by atoms with E-state index in [1.165, 1.54) is 0 Å². The van der Waals surface area contributed by atoms with Crippen LogP contribution in [0.15, 0.2) is 18.3 Å². The van der Waals surface area contributed by atoms with Gasteiger partial charge in [-0.1, -0.05) is 0 Å². The summed E-state index contributed by atoms with van der Waals surface area (Å²) in [6.07, 6.45) is 2.89. The van der Waals surface area contributed by atoms with Crippen LogP contribution >= 0.6 is 0 Å². The minimum absolute atomic E-state index is 0.866. The zero-order chi connectivity index (χ0) is 13.8. The van der Waals surface area contributed by atoms with Crippen LogP contribution in [0.2, 0.25) is 0 Å². The van der Waals surface area contributed by atoms with E-state index in [1.54, 1.807) is 6.20 Å². The minimum Gasteiger partial charge on any atom is -0.379 e. The molecule has 3 rings (SSSR count). The van der Waals surface area contributed by atoms with Gasteiger partial charge in [0, 0.05) is 37.5 Å². The molecule has 1 aliphatic heterocycles. The second-order valence-electron chi connectivity index (χ2n) is 5.12. The number of hydrogen-bond acceptors (Lipinski definition) is 5. The highest BCUT2D eigenvalue weighted by molar-refractivity contribution is 5.48. The summed E-state index contributed by atoms with van der Waals surface area (Å²) >= 11 is 0. The second-order valence-corrected chi connectivity index (χ2v) is 5.12. The maximum absolute atomic E-state index is 5.35. The molecule has 0 amide bonds. The van der Waals surface area contributed by atoms with Crippen molar-refractivity contribution in [1.82, 2.24) is 19.5 Å². The number of rotatable bonds is 5. The molecule has 0 atom stereocenters. The Kier molecular flexibility index (Phi) is 4.13. The van der Waals surface area contributed by atoms with E-state index in [2.05, 4.69) is 20.3 Å². The van der Waals surface area contributed by atoms with E-state index in [9.17, 15) is 0 Å². The molecule has 1 N–H and O–H groups in total. The molecule has 2 aromatic heterocycles. The number of ether oxygens (including phenoxy) is 1. The highest BCUT2D eigenvalue weighted by Gasteiger charge is 2.09. The molecule has 0 spiro atoms. The molecule has 0 aliphatic carbocycles. The van der Waals surface area contributed by atoms with E-state index >= 15 is 0 Å². The molecular formula is C14H21N5O. The van der Waals surface area contributed by atoms with Crippen LogP contribution < -0.4 is 5.32 Å². The van der Waals surface area contributed by atoms with E-state index in [0.717, 1.165) is 63.0 Å².